The first-order chi connectivity index (χ1) is 10.3. The van der Waals surface area contributed by atoms with Crippen LogP contribution in [0.3, 0.4) is 0 Å². The Morgan fingerprint density at radius 3 is 2.33 bits per heavy atom. The molecule has 2 fully saturated rings. The van der Waals surface area contributed by atoms with Gasteiger partial charge in [-0.3, -0.25) is 4.90 Å². The van der Waals surface area contributed by atoms with Crippen molar-refractivity contribution in [2.24, 2.45) is 5.41 Å². The lowest BCUT2D eigenvalue weighted by molar-refractivity contribution is 0.0517. The summed E-state index contributed by atoms with van der Waals surface area (Å²) in [5.41, 5.74) is 1.96. The number of piperidine rings is 1. The number of para-hydroxylation sites is 1. The molecule has 2 aliphatic rings. The van der Waals surface area contributed by atoms with Crippen LogP contribution in [0.2, 0.25) is 0 Å². The minimum Gasteiger partial charge on any atom is -0.383 e. The average Bonchev–Trinajstić information content (AvgIpc) is 2.55. The molecule has 116 valence electrons. The van der Waals surface area contributed by atoms with Gasteiger partial charge in [0.05, 0.1) is 0 Å². The first kappa shape index (κ1) is 14.9. The summed E-state index contributed by atoms with van der Waals surface area (Å²) < 4.78 is 0. The lowest BCUT2D eigenvalue weighted by Crippen LogP contribution is -2.47. The normalized spacial score (nSPS) is 23.9. The number of nitrogens with zero attached hydrogens (tertiary/aromatic N) is 1. The fourth-order valence-electron chi connectivity index (χ4n) is 4.19. The molecule has 1 heterocycles. The van der Waals surface area contributed by atoms with E-state index in [1.165, 1.54) is 63.7 Å². The molecule has 0 amide bonds. The maximum atomic E-state index is 3.57. The van der Waals surface area contributed by atoms with E-state index in [-0.39, 0.29) is 0 Å². The van der Waals surface area contributed by atoms with Gasteiger partial charge in [-0.1, -0.05) is 37.5 Å². The standard InChI is InChI=1S/C19H30N2/c1-17(16-20-18-8-4-2-5-9-18)21-14-12-19(13-15-21)10-6-3-7-11-19/h2,4-5,8-9,17,20H,3,6-7,10-16H2,1H3. The number of hydrogen-bond acceptors (Lipinski definition) is 2. The summed E-state index contributed by atoms with van der Waals surface area (Å²) in [6, 6.07) is 11.2. The Balaban J connectivity index is 1.45. The minimum absolute atomic E-state index is 0.631. The van der Waals surface area contributed by atoms with Crippen molar-refractivity contribution in [3.8, 4) is 0 Å². The van der Waals surface area contributed by atoms with Gasteiger partial charge in [-0.25, -0.2) is 0 Å². The van der Waals surface area contributed by atoms with Crippen LogP contribution in [0.4, 0.5) is 5.69 Å². The van der Waals surface area contributed by atoms with E-state index in [4.69, 9.17) is 0 Å². The van der Waals surface area contributed by atoms with Crippen molar-refractivity contribution in [2.75, 3.05) is 25.0 Å². The second-order valence-corrected chi connectivity index (χ2v) is 7.19. The molecule has 1 saturated heterocycles. The summed E-state index contributed by atoms with van der Waals surface area (Å²) in [6.45, 7) is 6.03. The second kappa shape index (κ2) is 6.83. The molecule has 2 heteroatoms. The average molecular weight is 286 g/mol. The van der Waals surface area contributed by atoms with Gasteiger partial charge >= 0.3 is 0 Å². The maximum Gasteiger partial charge on any atom is 0.0340 e. The molecule has 1 aliphatic heterocycles. The van der Waals surface area contributed by atoms with Crippen molar-refractivity contribution >= 4 is 5.69 Å². The van der Waals surface area contributed by atoms with Gasteiger partial charge in [-0.15, -0.1) is 0 Å². The third-order valence-electron chi connectivity index (χ3n) is 5.77. The van der Waals surface area contributed by atoms with Crippen molar-refractivity contribution in [3.63, 3.8) is 0 Å². The lowest BCUT2D eigenvalue weighted by atomic mass is 9.68. The quantitative estimate of drug-likeness (QED) is 0.874. The summed E-state index contributed by atoms with van der Waals surface area (Å²) in [7, 11) is 0. The summed E-state index contributed by atoms with van der Waals surface area (Å²) in [5, 5.41) is 3.57. The molecule has 2 nitrogen and oxygen atoms in total. The Labute approximate surface area is 129 Å². The first-order valence-electron chi connectivity index (χ1n) is 8.80. The van der Waals surface area contributed by atoms with Crippen LogP contribution >= 0.6 is 0 Å². The van der Waals surface area contributed by atoms with Crippen molar-refractivity contribution in [3.05, 3.63) is 30.3 Å². The van der Waals surface area contributed by atoms with Gasteiger partial charge < -0.3 is 5.32 Å². The van der Waals surface area contributed by atoms with Crippen LogP contribution in [0.15, 0.2) is 30.3 Å². The number of hydrogen-bond donors (Lipinski definition) is 1. The maximum absolute atomic E-state index is 3.57. The molecule has 1 spiro atoms. The van der Waals surface area contributed by atoms with E-state index in [9.17, 15) is 0 Å². The van der Waals surface area contributed by atoms with Crippen LogP contribution in [0.1, 0.15) is 51.9 Å². The first-order valence-corrected chi connectivity index (χ1v) is 8.80. The fraction of sp³-hybridized carbons (Fsp3) is 0.684. The smallest absolute Gasteiger partial charge is 0.0340 e. The predicted octanol–water partition coefficient (Wildman–Crippen LogP) is 4.53. The lowest BCUT2D eigenvalue weighted by Gasteiger charge is -2.46. The monoisotopic (exact) mass is 286 g/mol. The van der Waals surface area contributed by atoms with Crippen molar-refractivity contribution in [2.45, 2.75) is 57.9 Å². The predicted molar refractivity (Wildman–Crippen MR) is 90.7 cm³/mol. The van der Waals surface area contributed by atoms with Gasteiger partial charge in [0.15, 0.2) is 0 Å². The number of nitrogens with one attached hydrogen (secondary N) is 1. The molecular formula is C19H30N2. The summed E-state index contributed by atoms with van der Waals surface area (Å²) >= 11 is 0. The molecule has 0 aromatic heterocycles. The summed E-state index contributed by atoms with van der Waals surface area (Å²) in [4.78, 5) is 2.69. The number of likely N-dealkylation sites (tertiary alicyclic amines) is 1. The Kier molecular flexibility index (Phi) is 4.84. The Morgan fingerprint density at radius 1 is 1.00 bits per heavy atom. The van der Waals surface area contributed by atoms with Gasteiger partial charge in [-0.2, -0.15) is 0 Å². The highest BCUT2D eigenvalue weighted by atomic mass is 15.2. The van der Waals surface area contributed by atoms with E-state index in [0.29, 0.717) is 6.04 Å². The van der Waals surface area contributed by atoms with E-state index < -0.39 is 0 Å². The number of rotatable bonds is 4. The fourth-order valence-corrected chi connectivity index (χ4v) is 4.19. The van der Waals surface area contributed by atoms with Crippen LogP contribution in [0.5, 0.6) is 0 Å². The SMILES string of the molecule is CC(CNc1ccccc1)N1CCC2(CCCCC2)CC1. The molecule has 0 radical (unpaired) electrons. The molecule has 1 unspecified atom stereocenters. The van der Waals surface area contributed by atoms with Gasteiger partial charge in [0.25, 0.3) is 0 Å². The highest BCUT2D eigenvalue weighted by Gasteiger charge is 2.36. The second-order valence-electron chi connectivity index (χ2n) is 7.19. The summed E-state index contributed by atoms with van der Waals surface area (Å²) in [6.07, 6.45) is 10.3. The van der Waals surface area contributed by atoms with Crippen LogP contribution in [0.25, 0.3) is 0 Å². The molecule has 3 rings (SSSR count). The molecule has 1 saturated carbocycles. The number of anilines is 1. The van der Waals surface area contributed by atoms with Gasteiger partial charge in [0, 0.05) is 18.3 Å². The Morgan fingerprint density at radius 2 is 1.67 bits per heavy atom. The highest BCUT2D eigenvalue weighted by molar-refractivity contribution is 5.42. The highest BCUT2D eigenvalue weighted by Crippen LogP contribution is 2.44. The molecular weight excluding hydrogens is 256 g/mol. The van der Waals surface area contributed by atoms with E-state index in [1.54, 1.807) is 0 Å². The van der Waals surface area contributed by atoms with Gasteiger partial charge in [0.1, 0.15) is 0 Å². The van der Waals surface area contributed by atoms with E-state index >= 15 is 0 Å². The van der Waals surface area contributed by atoms with E-state index in [1.807, 2.05) is 0 Å². The minimum atomic E-state index is 0.631. The van der Waals surface area contributed by atoms with Crippen LogP contribution in [0, 0.1) is 5.41 Å². The number of benzene rings is 1. The molecule has 1 aliphatic carbocycles. The summed E-state index contributed by atoms with van der Waals surface area (Å²) in [5.74, 6) is 0. The van der Waals surface area contributed by atoms with Crippen LogP contribution in [-0.2, 0) is 0 Å². The van der Waals surface area contributed by atoms with Crippen molar-refractivity contribution in [1.29, 1.82) is 0 Å². The molecule has 1 atom stereocenters. The zero-order chi connectivity index (χ0) is 14.5. The van der Waals surface area contributed by atoms with Crippen molar-refractivity contribution < 1.29 is 0 Å². The Bertz CT molecular complexity index is 412. The third kappa shape index (κ3) is 3.79. The largest absolute Gasteiger partial charge is 0.383 e. The van der Waals surface area contributed by atoms with Crippen LogP contribution in [-0.4, -0.2) is 30.6 Å². The molecule has 1 aromatic rings. The molecule has 1 N–H and O–H groups in total. The molecule has 21 heavy (non-hydrogen) atoms. The van der Waals surface area contributed by atoms with Crippen molar-refractivity contribution in [1.82, 2.24) is 4.90 Å². The van der Waals surface area contributed by atoms with Gasteiger partial charge in [0.2, 0.25) is 0 Å². The molecule has 0 bridgehead atoms. The Hall–Kier alpha value is -1.02. The topological polar surface area (TPSA) is 15.3 Å². The van der Waals surface area contributed by atoms with Crippen LogP contribution < -0.4 is 5.32 Å². The zero-order valence-corrected chi connectivity index (χ0v) is 13.5. The van der Waals surface area contributed by atoms with Gasteiger partial charge in [-0.05, 0) is 63.2 Å². The van der Waals surface area contributed by atoms with E-state index in [2.05, 4.69) is 47.5 Å². The van der Waals surface area contributed by atoms with E-state index in [0.717, 1.165) is 12.0 Å². The third-order valence-corrected chi connectivity index (χ3v) is 5.77. The molecule has 1 aromatic carbocycles. The zero-order valence-electron chi connectivity index (χ0n) is 13.5.